The SMILES string of the molecule is CCCc1n[nH]c(=S)n1NCc1cc(Br)c(OCc2ccc(F)cc2Cl)c(OCC)c1. The number of aromatic amines is 1. The molecule has 166 valence electrons. The van der Waals surface area contributed by atoms with E-state index in [1.807, 2.05) is 19.1 Å². The van der Waals surface area contributed by atoms with E-state index in [0.717, 1.165) is 28.7 Å². The van der Waals surface area contributed by atoms with E-state index in [-0.39, 0.29) is 12.4 Å². The smallest absolute Gasteiger partial charge is 0.214 e. The maximum Gasteiger partial charge on any atom is 0.214 e. The van der Waals surface area contributed by atoms with Crippen LogP contribution >= 0.6 is 39.7 Å². The van der Waals surface area contributed by atoms with E-state index in [1.165, 1.54) is 12.1 Å². The van der Waals surface area contributed by atoms with Gasteiger partial charge in [0.2, 0.25) is 4.77 Å². The van der Waals surface area contributed by atoms with E-state index < -0.39 is 0 Å². The molecule has 0 spiro atoms. The van der Waals surface area contributed by atoms with Crippen molar-refractivity contribution in [1.29, 1.82) is 0 Å². The standard InChI is InChI=1S/C21H23BrClFN4O2S/c1-3-5-19-26-27-21(31)28(19)25-11-13-8-16(22)20(18(9-13)29-4-2)30-12-14-6-7-15(24)10-17(14)23/h6-10,25H,3-5,11-12H2,1-2H3,(H,27,31). The number of hydrogen-bond donors (Lipinski definition) is 2. The van der Waals surface area contributed by atoms with Gasteiger partial charge in [-0.05, 0) is 71.3 Å². The van der Waals surface area contributed by atoms with Crippen LogP contribution in [0.2, 0.25) is 5.02 Å². The fourth-order valence-electron chi connectivity index (χ4n) is 2.97. The Labute approximate surface area is 198 Å². The molecule has 1 heterocycles. The Balaban J connectivity index is 1.78. The van der Waals surface area contributed by atoms with Crippen LogP contribution in [0.4, 0.5) is 4.39 Å². The van der Waals surface area contributed by atoms with Gasteiger partial charge in [-0.15, -0.1) is 0 Å². The van der Waals surface area contributed by atoms with Gasteiger partial charge in [0, 0.05) is 12.0 Å². The summed E-state index contributed by atoms with van der Waals surface area (Å²) in [6.45, 7) is 5.16. The first-order valence-electron chi connectivity index (χ1n) is 9.85. The van der Waals surface area contributed by atoms with Crippen LogP contribution in [-0.2, 0) is 19.6 Å². The number of aromatic nitrogens is 3. The quantitative estimate of drug-likeness (QED) is 0.308. The number of nitrogens with one attached hydrogen (secondary N) is 2. The molecule has 0 saturated carbocycles. The third kappa shape index (κ3) is 5.99. The molecule has 1 aromatic heterocycles. The van der Waals surface area contributed by atoms with Crippen molar-refractivity contribution in [2.45, 2.75) is 39.8 Å². The second-order valence-electron chi connectivity index (χ2n) is 6.73. The van der Waals surface area contributed by atoms with Gasteiger partial charge in [0.1, 0.15) is 12.4 Å². The highest BCUT2D eigenvalue weighted by Crippen LogP contribution is 2.38. The van der Waals surface area contributed by atoms with Gasteiger partial charge in [-0.3, -0.25) is 5.10 Å². The zero-order chi connectivity index (χ0) is 22.4. The molecule has 2 N–H and O–H groups in total. The molecular weight excluding hydrogens is 507 g/mol. The van der Waals surface area contributed by atoms with Gasteiger partial charge in [-0.25, -0.2) is 9.07 Å². The number of nitrogens with zero attached hydrogens (tertiary/aromatic N) is 2. The topological polar surface area (TPSA) is 64.1 Å². The van der Waals surface area contributed by atoms with Gasteiger partial charge < -0.3 is 14.9 Å². The van der Waals surface area contributed by atoms with Crippen molar-refractivity contribution in [3.05, 3.63) is 67.4 Å². The molecule has 10 heteroatoms. The Hall–Kier alpha value is -2.10. The zero-order valence-electron chi connectivity index (χ0n) is 17.2. The maximum atomic E-state index is 13.3. The minimum atomic E-state index is -0.387. The molecule has 2 aromatic carbocycles. The van der Waals surface area contributed by atoms with Crippen LogP contribution in [-0.4, -0.2) is 21.5 Å². The fraction of sp³-hybridized carbons (Fsp3) is 0.333. The van der Waals surface area contributed by atoms with Crippen molar-refractivity contribution >= 4 is 39.7 Å². The Kier molecular flexibility index (Phi) is 8.34. The Bertz CT molecular complexity index is 1110. The van der Waals surface area contributed by atoms with Crippen molar-refractivity contribution in [3.63, 3.8) is 0 Å². The van der Waals surface area contributed by atoms with Crippen LogP contribution in [0.3, 0.4) is 0 Å². The molecule has 0 radical (unpaired) electrons. The molecule has 3 aromatic rings. The van der Waals surface area contributed by atoms with Crippen LogP contribution in [0.15, 0.2) is 34.8 Å². The van der Waals surface area contributed by atoms with Crippen LogP contribution in [0, 0.1) is 10.6 Å². The van der Waals surface area contributed by atoms with E-state index in [4.69, 9.17) is 33.3 Å². The van der Waals surface area contributed by atoms with E-state index in [1.54, 1.807) is 10.7 Å². The van der Waals surface area contributed by atoms with Crippen molar-refractivity contribution in [2.75, 3.05) is 12.0 Å². The predicted molar refractivity (Wildman–Crippen MR) is 126 cm³/mol. The number of halogens is 3. The summed E-state index contributed by atoms with van der Waals surface area (Å²) >= 11 is 15.0. The summed E-state index contributed by atoms with van der Waals surface area (Å²) in [6.07, 6.45) is 1.78. The molecule has 0 atom stereocenters. The lowest BCUT2D eigenvalue weighted by atomic mass is 10.2. The lowest BCUT2D eigenvalue weighted by Gasteiger charge is -2.17. The van der Waals surface area contributed by atoms with E-state index in [2.05, 4.69) is 38.5 Å². The summed E-state index contributed by atoms with van der Waals surface area (Å²) in [5, 5.41) is 7.39. The highest BCUT2D eigenvalue weighted by molar-refractivity contribution is 9.10. The monoisotopic (exact) mass is 528 g/mol. The van der Waals surface area contributed by atoms with E-state index in [9.17, 15) is 4.39 Å². The first-order valence-corrected chi connectivity index (χ1v) is 11.4. The molecule has 0 unspecified atom stereocenters. The highest BCUT2D eigenvalue weighted by atomic mass is 79.9. The van der Waals surface area contributed by atoms with Crippen molar-refractivity contribution in [2.24, 2.45) is 0 Å². The van der Waals surface area contributed by atoms with Crippen molar-refractivity contribution in [3.8, 4) is 11.5 Å². The van der Waals surface area contributed by atoms with Gasteiger partial charge in [-0.1, -0.05) is 24.6 Å². The molecule has 0 amide bonds. The van der Waals surface area contributed by atoms with E-state index in [0.29, 0.717) is 40.0 Å². The number of rotatable bonds is 10. The highest BCUT2D eigenvalue weighted by Gasteiger charge is 2.14. The predicted octanol–water partition coefficient (Wildman–Crippen LogP) is 6.17. The second-order valence-corrected chi connectivity index (χ2v) is 8.38. The second kappa shape index (κ2) is 11.0. The van der Waals surface area contributed by atoms with Gasteiger partial charge in [0.15, 0.2) is 17.3 Å². The minimum Gasteiger partial charge on any atom is -0.490 e. The molecule has 6 nitrogen and oxygen atoms in total. The average Bonchev–Trinajstić information content (AvgIpc) is 3.07. The normalized spacial score (nSPS) is 10.9. The molecule has 0 fully saturated rings. The number of hydrogen-bond acceptors (Lipinski definition) is 5. The van der Waals surface area contributed by atoms with Crippen LogP contribution in [0.5, 0.6) is 11.5 Å². The molecule has 3 rings (SSSR count). The van der Waals surface area contributed by atoms with Crippen LogP contribution in [0.25, 0.3) is 0 Å². The minimum absolute atomic E-state index is 0.180. The van der Waals surface area contributed by atoms with Crippen LogP contribution in [0.1, 0.15) is 37.2 Å². The molecule has 0 aliphatic carbocycles. The summed E-state index contributed by atoms with van der Waals surface area (Å²) in [6, 6.07) is 8.08. The number of H-pyrrole nitrogens is 1. The van der Waals surface area contributed by atoms with Gasteiger partial charge in [-0.2, -0.15) is 5.10 Å². The zero-order valence-corrected chi connectivity index (χ0v) is 20.3. The molecule has 0 bridgehead atoms. The molecule has 0 aliphatic rings. The number of aryl methyl sites for hydroxylation is 1. The maximum absolute atomic E-state index is 13.3. The number of ether oxygens (including phenoxy) is 2. The van der Waals surface area contributed by atoms with E-state index >= 15 is 0 Å². The summed E-state index contributed by atoms with van der Waals surface area (Å²) in [4.78, 5) is 0. The molecule has 0 saturated heterocycles. The Morgan fingerprint density at radius 3 is 2.77 bits per heavy atom. The molecule has 0 aliphatic heterocycles. The van der Waals surface area contributed by atoms with Crippen molar-refractivity contribution < 1.29 is 13.9 Å². The summed E-state index contributed by atoms with van der Waals surface area (Å²) in [5.74, 6) is 1.61. The molecular formula is C21H23BrClFN4O2S. The lowest BCUT2D eigenvalue weighted by molar-refractivity contribution is 0.267. The van der Waals surface area contributed by atoms with Crippen LogP contribution < -0.4 is 14.9 Å². The lowest BCUT2D eigenvalue weighted by Crippen LogP contribution is -2.17. The number of benzene rings is 2. The Morgan fingerprint density at radius 1 is 1.26 bits per heavy atom. The summed E-state index contributed by atoms with van der Waals surface area (Å²) in [7, 11) is 0. The van der Waals surface area contributed by atoms with Gasteiger partial charge in [0.25, 0.3) is 0 Å². The largest absolute Gasteiger partial charge is 0.490 e. The first-order chi connectivity index (χ1) is 14.9. The first kappa shape index (κ1) is 23.6. The third-order valence-electron chi connectivity index (χ3n) is 4.41. The average molecular weight is 530 g/mol. The van der Waals surface area contributed by atoms with Gasteiger partial charge in [0.05, 0.1) is 22.6 Å². The van der Waals surface area contributed by atoms with Gasteiger partial charge >= 0.3 is 0 Å². The van der Waals surface area contributed by atoms with Crippen molar-refractivity contribution in [1.82, 2.24) is 14.9 Å². The Morgan fingerprint density at radius 2 is 2.06 bits per heavy atom. The molecule has 31 heavy (non-hydrogen) atoms. The summed E-state index contributed by atoms with van der Waals surface area (Å²) < 4.78 is 28.1. The summed E-state index contributed by atoms with van der Waals surface area (Å²) in [5.41, 5.74) is 4.95. The fourth-order valence-corrected chi connectivity index (χ4v) is 4.01. The third-order valence-corrected chi connectivity index (χ3v) is 5.63.